The number of hydrogen-bond donors (Lipinski definition) is 2. The third kappa shape index (κ3) is 4.64. The summed E-state index contributed by atoms with van der Waals surface area (Å²) >= 11 is 3.48. The Morgan fingerprint density at radius 3 is 2.57 bits per heavy atom. The molecule has 0 aliphatic rings. The number of aryl methyl sites for hydroxylation is 3. The second-order valence-corrected chi connectivity index (χ2v) is 7.54. The van der Waals surface area contributed by atoms with E-state index in [1.165, 1.54) is 0 Å². The minimum absolute atomic E-state index is 0.0957. The van der Waals surface area contributed by atoms with Crippen molar-refractivity contribution in [1.82, 2.24) is 0 Å². The van der Waals surface area contributed by atoms with Crippen molar-refractivity contribution in [3.63, 3.8) is 0 Å². The van der Waals surface area contributed by atoms with Crippen LogP contribution in [0.5, 0.6) is 5.75 Å². The average molecular weight is 444 g/mol. The number of nitrogens with one attached hydrogen (secondary N) is 1. The average Bonchev–Trinajstić information content (AvgIpc) is 3.12. The number of carbonyl (C=O) groups excluding carboxylic acids is 1. The zero-order valence-electron chi connectivity index (χ0n) is 16.0. The summed E-state index contributed by atoms with van der Waals surface area (Å²) in [6, 6.07) is 13.2. The predicted molar refractivity (Wildman–Crippen MR) is 113 cm³/mol. The molecule has 3 rings (SSSR count). The van der Waals surface area contributed by atoms with Crippen LogP contribution in [0.2, 0.25) is 0 Å². The van der Waals surface area contributed by atoms with E-state index >= 15 is 0 Å². The molecule has 5 nitrogen and oxygen atoms in total. The van der Waals surface area contributed by atoms with E-state index in [0.29, 0.717) is 23.0 Å². The van der Waals surface area contributed by atoms with Crippen molar-refractivity contribution in [3.8, 4) is 17.1 Å². The van der Waals surface area contributed by atoms with Crippen molar-refractivity contribution in [3.05, 3.63) is 69.4 Å². The highest BCUT2D eigenvalue weighted by Gasteiger charge is 2.12. The van der Waals surface area contributed by atoms with Crippen molar-refractivity contribution in [2.75, 3.05) is 11.9 Å². The number of rotatable bonds is 6. The molecule has 0 saturated heterocycles. The monoisotopic (exact) mass is 443 g/mol. The Labute approximate surface area is 172 Å². The molecular formula is C22H22BrNO4. The molecule has 0 spiro atoms. The maximum atomic E-state index is 12.4. The van der Waals surface area contributed by atoms with E-state index in [9.17, 15) is 4.79 Å². The van der Waals surface area contributed by atoms with Crippen molar-refractivity contribution < 1.29 is 19.1 Å². The van der Waals surface area contributed by atoms with Crippen molar-refractivity contribution in [2.45, 2.75) is 27.4 Å². The maximum Gasteiger partial charge on any atom is 0.262 e. The Kier molecular flexibility index (Phi) is 6.21. The summed E-state index contributed by atoms with van der Waals surface area (Å²) in [6.45, 7) is 5.62. The van der Waals surface area contributed by atoms with Gasteiger partial charge in [0, 0.05) is 11.3 Å². The van der Waals surface area contributed by atoms with Crippen LogP contribution in [0.3, 0.4) is 0 Å². The van der Waals surface area contributed by atoms with Gasteiger partial charge in [0.15, 0.2) is 6.61 Å². The third-order valence-electron chi connectivity index (χ3n) is 4.33. The molecule has 0 aliphatic carbocycles. The SMILES string of the molecule is Cc1cc(C)c(OCC(=O)Nc2cc(-c3ccc(CO)o3)ccc2C)c(Br)c1. The summed E-state index contributed by atoms with van der Waals surface area (Å²) in [5.41, 5.74) is 4.52. The summed E-state index contributed by atoms with van der Waals surface area (Å²) in [5.74, 6) is 1.55. The summed E-state index contributed by atoms with van der Waals surface area (Å²) < 4.78 is 12.1. The Hall–Kier alpha value is -2.57. The summed E-state index contributed by atoms with van der Waals surface area (Å²) in [7, 11) is 0. The standard InChI is InChI=1S/C22H22BrNO4/c1-13-8-15(3)22(18(23)9-13)27-12-21(26)24-19-10-16(5-4-14(19)2)20-7-6-17(11-25)28-20/h4-10,25H,11-12H2,1-3H3,(H,24,26). The molecule has 146 valence electrons. The number of halogens is 1. The molecule has 6 heteroatoms. The van der Waals surface area contributed by atoms with E-state index < -0.39 is 0 Å². The maximum absolute atomic E-state index is 12.4. The molecule has 2 aromatic carbocycles. The Morgan fingerprint density at radius 2 is 1.89 bits per heavy atom. The fourth-order valence-electron chi connectivity index (χ4n) is 2.94. The van der Waals surface area contributed by atoms with Crippen LogP contribution in [-0.2, 0) is 11.4 Å². The topological polar surface area (TPSA) is 71.7 Å². The first-order chi connectivity index (χ1) is 13.4. The van der Waals surface area contributed by atoms with Gasteiger partial charge >= 0.3 is 0 Å². The van der Waals surface area contributed by atoms with Gasteiger partial charge in [0.1, 0.15) is 23.9 Å². The smallest absolute Gasteiger partial charge is 0.262 e. The number of benzene rings is 2. The molecule has 0 atom stereocenters. The van der Waals surface area contributed by atoms with Crippen molar-refractivity contribution in [2.24, 2.45) is 0 Å². The molecule has 0 saturated carbocycles. The quantitative estimate of drug-likeness (QED) is 0.552. The number of hydrogen-bond acceptors (Lipinski definition) is 4. The third-order valence-corrected chi connectivity index (χ3v) is 4.92. The van der Waals surface area contributed by atoms with Crippen LogP contribution in [0, 0.1) is 20.8 Å². The number of aliphatic hydroxyl groups excluding tert-OH is 1. The lowest BCUT2D eigenvalue weighted by molar-refractivity contribution is -0.118. The molecule has 0 unspecified atom stereocenters. The van der Waals surface area contributed by atoms with E-state index in [0.717, 1.165) is 26.7 Å². The molecule has 0 radical (unpaired) electrons. The molecule has 1 amide bonds. The molecule has 2 N–H and O–H groups in total. The van der Waals surface area contributed by atoms with Gasteiger partial charge in [-0.25, -0.2) is 0 Å². The lowest BCUT2D eigenvalue weighted by Crippen LogP contribution is -2.21. The number of anilines is 1. The number of ether oxygens (including phenoxy) is 1. The summed E-state index contributed by atoms with van der Waals surface area (Å²) in [6.07, 6.45) is 0. The van der Waals surface area contributed by atoms with Crippen molar-refractivity contribution in [1.29, 1.82) is 0 Å². The van der Waals surface area contributed by atoms with Crippen LogP contribution in [0.15, 0.2) is 51.4 Å². The first-order valence-electron chi connectivity index (χ1n) is 8.87. The molecule has 1 aromatic heterocycles. The minimum Gasteiger partial charge on any atom is -0.482 e. The van der Waals surface area contributed by atoms with Gasteiger partial charge in [-0.05, 0) is 77.7 Å². The predicted octanol–water partition coefficient (Wildman–Crippen LogP) is 5.14. The van der Waals surface area contributed by atoms with Crippen LogP contribution in [-0.4, -0.2) is 17.6 Å². The van der Waals surface area contributed by atoms with Crippen molar-refractivity contribution >= 4 is 27.5 Å². The molecule has 1 heterocycles. The Morgan fingerprint density at radius 1 is 1.11 bits per heavy atom. The number of furan rings is 1. The Balaban J connectivity index is 1.71. The highest BCUT2D eigenvalue weighted by Crippen LogP contribution is 2.30. The lowest BCUT2D eigenvalue weighted by atomic mass is 10.1. The van der Waals surface area contributed by atoms with Gasteiger partial charge in [0.2, 0.25) is 0 Å². The molecule has 0 fully saturated rings. The van der Waals surface area contributed by atoms with Gasteiger partial charge in [-0.3, -0.25) is 4.79 Å². The summed E-state index contributed by atoms with van der Waals surface area (Å²) in [5, 5.41) is 12.0. The Bertz CT molecular complexity index is 987. The number of amides is 1. The van der Waals surface area contributed by atoms with E-state index in [2.05, 4.69) is 21.2 Å². The fourth-order valence-corrected chi connectivity index (χ4v) is 3.73. The highest BCUT2D eigenvalue weighted by atomic mass is 79.9. The first-order valence-corrected chi connectivity index (χ1v) is 9.66. The van der Waals surface area contributed by atoms with Crippen LogP contribution < -0.4 is 10.1 Å². The van der Waals surface area contributed by atoms with E-state index in [4.69, 9.17) is 14.3 Å². The summed E-state index contributed by atoms with van der Waals surface area (Å²) in [4.78, 5) is 12.4. The van der Waals surface area contributed by atoms with Crippen LogP contribution >= 0.6 is 15.9 Å². The molecule has 28 heavy (non-hydrogen) atoms. The molecule has 3 aromatic rings. The van der Waals surface area contributed by atoms with Gasteiger partial charge in [0.05, 0.1) is 4.47 Å². The van der Waals surface area contributed by atoms with Crippen LogP contribution in [0.1, 0.15) is 22.5 Å². The second kappa shape index (κ2) is 8.63. The second-order valence-electron chi connectivity index (χ2n) is 6.68. The van der Waals surface area contributed by atoms with E-state index in [-0.39, 0.29) is 19.1 Å². The first kappa shape index (κ1) is 20.2. The molecular weight excluding hydrogens is 422 g/mol. The molecule has 0 aliphatic heterocycles. The lowest BCUT2D eigenvalue weighted by Gasteiger charge is -2.13. The highest BCUT2D eigenvalue weighted by molar-refractivity contribution is 9.10. The fraction of sp³-hybridized carbons (Fsp3) is 0.227. The van der Waals surface area contributed by atoms with Gasteiger partial charge < -0.3 is 19.6 Å². The largest absolute Gasteiger partial charge is 0.482 e. The number of carbonyl (C=O) groups is 1. The van der Waals surface area contributed by atoms with Crippen LogP contribution in [0.25, 0.3) is 11.3 Å². The van der Waals surface area contributed by atoms with E-state index in [1.54, 1.807) is 12.1 Å². The van der Waals surface area contributed by atoms with Gasteiger partial charge in [-0.15, -0.1) is 0 Å². The van der Waals surface area contributed by atoms with Gasteiger partial charge in [-0.1, -0.05) is 18.2 Å². The van der Waals surface area contributed by atoms with Crippen LogP contribution in [0.4, 0.5) is 5.69 Å². The minimum atomic E-state index is -0.248. The zero-order chi connectivity index (χ0) is 20.3. The number of aliphatic hydroxyl groups is 1. The molecule has 0 bridgehead atoms. The van der Waals surface area contributed by atoms with Gasteiger partial charge in [-0.2, -0.15) is 0 Å². The zero-order valence-corrected chi connectivity index (χ0v) is 17.6. The van der Waals surface area contributed by atoms with E-state index in [1.807, 2.05) is 51.1 Å². The van der Waals surface area contributed by atoms with Gasteiger partial charge in [0.25, 0.3) is 5.91 Å². The normalized spacial score (nSPS) is 10.8.